The lowest BCUT2D eigenvalue weighted by Gasteiger charge is -2.25. The zero-order valence-electron chi connectivity index (χ0n) is 14.5. The van der Waals surface area contributed by atoms with Crippen molar-refractivity contribution in [1.29, 1.82) is 0 Å². The standard InChI is InChI=1S/C19H24FN3OS/c1-2-25-19-21-10-15(11-22-19)12-23(14-17-7-5-9-24-17)13-16-6-3-4-8-18(16)20/h3-4,6,8,10-11,17H,2,5,7,9,12-14H2,1H3. The van der Waals surface area contributed by atoms with Gasteiger partial charge in [0.15, 0.2) is 5.16 Å². The van der Waals surface area contributed by atoms with Gasteiger partial charge in [-0.2, -0.15) is 0 Å². The minimum Gasteiger partial charge on any atom is -0.377 e. The predicted molar refractivity (Wildman–Crippen MR) is 97.9 cm³/mol. The van der Waals surface area contributed by atoms with E-state index in [1.165, 1.54) is 6.07 Å². The average Bonchev–Trinajstić information content (AvgIpc) is 3.12. The molecule has 3 rings (SSSR count). The summed E-state index contributed by atoms with van der Waals surface area (Å²) in [6.45, 7) is 4.94. The third-order valence-electron chi connectivity index (χ3n) is 4.20. The Morgan fingerprint density at radius 1 is 1.24 bits per heavy atom. The smallest absolute Gasteiger partial charge is 0.187 e. The van der Waals surface area contributed by atoms with E-state index in [0.717, 1.165) is 42.5 Å². The summed E-state index contributed by atoms with van der Waals surface area (Å²) >= 11 is 1.63. The maximum atomic E-state index is 14.1. The molecule has 1 saturated heterocycles. The summed E-state index contributed by atoms with van der Waals surface area (Å²) in [4.78, 5) is 11.0. The fraction of sp³-hybridized carbons (Fsp3) is 0.474. The number of nitrogens with zero attached hydrogens (tertiary/aromatic N) is 3. The van der Waals surface area contributed by atoms with Gasteiger partial charge in [-0.05, 0) is 24.7 Å². The Morgan fingerprint density at radius 2 is 2.04 bits per heavy atom. The highest BCUT2D eigenvalue weighted by Gasteiger charge is 2.20. The SMILES string of the molecule is CCSc1ncc(CN(Cc2ccccc2F)CC2CCCO2)cn1. The molecule has 0 saturated carbocycles. The zero-order chi connectivity index (χ0) is 17.5. The number of rotatable bonds is 8. The van der Waals surface area contributed by atoms with Crippen molar-refractivity contribution in [2.24, 2.45) is 0 Å². The van der Waals surface area contributed by atoms with E-state index in [9.17, 15) is 4.39 Å². The topological polar surface area (TPSA) is 38.2 Å². The molecule has 6 heteroatoms. The molecule has 0 N–H and O–H groups in total. The molecule has 134 valence electrons. The van der Waals surface area contributed by atoms with Crippen LogP contribution in [0.2, 0.25) is 0 Å². The van der Waals surface area contributed by atoms with Crippen molar-refractivity contribution in [3.05, 3.63) is 53.6 Å². The van der Waals surface area contributed by atoms with E-state index in [2.05, 4.69) is 21.8 Å². The summed E-state index contributed by atoms with van der Waals surface area (Å²) in [5.41, 5.74) is 1.74. The molecule has 1 fully saturated rings. The van der Waals surface area contributed by atoms with Crippen LogP contribution < -0.4 is 0 Å². The molecule has 2 heterocycles. The van der Waals surface area contributed by atoms with E-state index >= 15 is 0 Å². The van der Waals surface area contributed by atoms with Crippen LogP contribution >= 0.6 is 11.8 Å². The Balaban J connectivity index is 1.69. The van der Waals surface area contributed by atoms with Gasteiger partial charge in [-0.3, -0.25) is 4.90 Å². The van der Waals surface area contributed by atoms with Crippen LogP contribution in [0.4, 0.5) is 4.39 Å². The highest BCUT2D eigenvalue weighted by Crippen LogP contribution is 2.19. The molecule has 0 aliphatic carbocycles. The van der Waals surface area contributed by atoms with Crippen molar-refractivity contribution >= 4 is 11.8 Å². The Morgan fingerprint density at radius 3 is 2.72 bits per heavy atom. The number of halogens is 1. The molecular formula is C19H24FN3OS. The first-order valence-corrected chi connectivity index (χ1v) is 9.74. The number of hydrogen-bond donors (Lipinski definition) is 0. The lowest BCUT2D eigenvalue weighted by Crippen LogP contribution is -2.31. The Labute approximate surface area is 152 Å². The molecule has 0 bridgehead atoms. The van der Waals surface area contributed by atoms with Gasteiger partial charge in [0.05, 0.1) is 6.10 Å². The van der Waals surface area contributed by atoms with Crippen LogP contribution in [0.5, 0.6) is 0 Å². The molecule has 0 amide bonds. The van der Waals surface area contributed by atoms with Gasteiger partial charge < -0.3 is 4.74 Å². The van der Waals surface area contributed by atoms with Crippen molar-refractivity contribution in [2.75, 3.05) is 18.9 Å². The van der Waals surface area contributed by atoms with Gasteiger partial charge in [0, 0.05) is 49.8 Å². The van der Waals surface area contributed by atoms with Crippen LogP contribution in [-0.4, -0.2) is 39.9 Å². The van der Waals surface area contributed by atoms with Crippen LogP contribution in [-0.2, 0) is 17.8 Å². The first-order chi connectivity index (χ1) is 12.2. The van der Waals surface area contributed by atoms with Crippen molar-refractivity contribution < 1.29 is 9.13 Å². The molecular weight excluding hydrogens is 337 g/mol. The van der Waals surface area contributed by atoms with Gasteiger partial charge in [-0.1, -0.05) is 36.9 Å². The second kappa shape index (κ2) is 9.27. The normalized spacial score (nSPS) is 17.3. The number of thioether (sulfide) groups is 1. The lowest BCUT2D eigenvalue weighted by atomic mass is 10.1. The second-order valence-electron chi connectivity index (χ2n) is 6.20. The molecule has 1 aromatic heterocycles. The maximum Gasteiger partial charge on any atom is 0.187 e. The third kappa shape index (κ3) is 5.49. The second-order valence-corrected chi connectivity index (χ2v) is 7.43. The average molecular weight is 361 g/mol. The van der Waals surface area contributed by atoms with E-state index in [4.69, 9.17) is 4.74 Å². The van der Waals surface area contributed by atoms with Crippen LogP contribution in [0.3, 0.4) is 0 Å². The summed E-state index contributed by atoms with van der Waals surface area (Å²) < 4.78 is 19.8. The van der Waals surface area contributed by atoms with E-state index in [0.29, 0.717) is 18.7 Å². The molecule has 1 unspecified atom stereocenters. The van der Waals surface area contributed by atoms with Crippen LogP contribution in [0.15, 0.2) is 41.8 Å². The predicted octanol–water partition coefficient (Wildman–Crippen LogP) is 3.91. The van der Waals surface area contributed by atoms with E-state index < -0.39 is 0 Å². The monoisotopic (exact) mass is 361 g/mol. The Bertz CT molecular complexity index is 662. The largest absolute Gasteiger partial charge is 0.377 e. The first kappa shape index (κ1) is 18.3. The van der Waals surface area contributed by atoms with E-state index in [1.54, 1.807) is 17.8 Å². The number of ether oxygens (including phenoxy) is 1. The fourth-order valence-corrected chi connectivity index (χ4v) is 3.53. The van der Waals surface area contributed by atoms with Crippen LogP contribution in [0.25, 0.3) is 0 Å². The van der Waals surface area contributed by atoms with Gasteiger partial charge in [0.2, 0.25) is 0 Å². The first-order valence-electron chi connectivity index (χ1n) is 8.75. The highest BCUT2D eigenvalue weighted by atomic mass is 32.2. The summed E-state index contributed by atoms with van der Waals surface area (Å²) in [6, 6.07) is 6.96. The molecule has 1 atom stereocenters. The van der Waals surface area contributed by atoms with Gasteiger partial charge >= 0.3 is 0 Å². The lowest BCUT2D eigenvalue weighted by molar-refractivity contribution is 0.0674. The van der Waals surface area contributed by atoms with Crippen molar-refractivity contribution in [3.63, 3.8) is 0 Å². The summed E-state index contributed by atoms with van der Waals surface area (Å²) in [5, 5.41) is 0.797. The van der Waals surface area contributed by atoms with Gasteiger partial charge in [-0.15, -0.1) is 0 Å². The summed E-state index contributed by atoms with van der Waals surface area (Å²) in [7, 11) is 0. The van der Waals surface area contributed by atoms with Crippen LogP contribution in [0.1, 0.15) is 30.9 Å². The van der Waals surface area contributed by atoms with Crippen molar-refractivity contribution in [3.8, 4) is 0 Å². The minimum absolute atomic E-state index is 0.161. The molecule has 1 aromatic carbocycles. The Hall–Kier alpha value is -1.50. The van der Waals surface area contributed by atoms with Crippen molar-refractivity contribution in [1.82, 2.24) is 14.9 Å². The number of aromatic nitrogens is 2. The van der Waals surface area contributed by atoms with Crippen molar-refractivity contribution in [2.45, 2.75) is 44.1 Å². The minimum atomic E-state index is -0.161. The number of benzene rings is 1. The quantitative estimate of drug-likeness (QED) is 0.526. The maximum absolute atomic E-state index is 14.1. The Kier molecular flexibility index (Phi) is 6.78. The molecule has 2 aromatic rings. The summed E-state index contributed by atoms with van der Waals surface area (Å²) in [6.07, 6.45) is 6.13. The third-order valence-corrected chi connectivity index (χ3v) is 4.96. The van der Waals surface area contributed by atoms with Gasteiger partial charge in [-0.25, -0.2) is 14.4 Å². The van der Waals surface area contributed by atoms with E-state index in [1.807, 2.05) is 24.5 Å². The fourth-order valence-electron chi connectivity index (χ4n) is 3.02. The molecule has 0 radical (unpaired) electrons. The molecule has 1 aliphatic rings. The highest BCUT2D eigenvalue weighted by molar-refractivity contribution is 7.99. The van der Waals surface area contributed by atoms with Crippen LogP contribution in [0, 0.1) is 5.82 Å². The number of hydrogen-bond acceptors (Lipinski definition) is 5. The molecule has 4 nitrogen and oxygen atoms in total. The molecule has 0 spiro atoms. The molecule has 25 heavy (non-hydrogen) atoms. The van der Waals surface area contributed by atoms with Gasteiger partial charge in [0.1, 0.15) is 5.82 Å². The zero-order valence-corrected chi connectivity index (χ0v) is 15.3. The molecule has 1 aliphatic heterocycles. The summed E-state index contributed by atoms with van der Waals surface area (Å²) in [5.74, 6) is 0.795. The van der Waals surface area contributed by atoms with Gasteiger partial charge in [0.25, 0.3) is 0 Å². The van der Waals surface area contributed by atoms with E-state index in [-0.39, 0.29) is 11.9 Å².